The van der Waals surface area contributed by atoms with Crippen molar-refractivity contribution in [3.63, 3.8) is 0 Å². The van der Waals surface area contributed by atoms with Crippen LogP contribution in [0.5, 0.6) is 0 Å². The van der Waals surface area contributed by atoms with E-state index in [2.05, 4.69) is 20.5 Å². The van der Waals surface area contributed by atoms with Gasteiger partial charge in [-0.05, 0) is 31.2 Å². The monoisotopic (exact) mass is 335 g/mol. The number of rotatable bonds is 2. The molecule has 8 nitrogen and oxygen atoms in total. The van der Waals surface area contributed by atoms with E-state index in [0.29, 0.717) is 33.7 Å². The molecule has 1 aliphatic rings. The second kappa shape index (κ2) is 5.23. The molecule has 0 fully saturated rings. The van der Waals surface area contributed by atoms with E-state index in [-0.39, 0.29) is 11.5 Å². The van der Waals surface area contributed by atoms with E-state index in [0.717, 1.165) is 4.90 Å². The Morgan fingerprint density at radius 2 is 1.88 bits per heavy atom. The van der Waals surface area contributed by atoms with Crippen molar-refractivity contribution in [3.05, 3.63) is 47.3 Å². The van der Waals surface area contributed by atoms with Crippen LogP contribution in [-0.4, -0.2) is 32.9 Å². The van der Waals surface area contributed by atoms with Gasteiger partial charge in [-0.3, -0.25) is 19.5 Å². The fourth-order valence-corrected chi connectivity index (χ4v) is 2.97. The molecule has 0 radical (unpaired) electrons. The number of pyridine rings is 1. The Morgan fingerprint density at radius 3 is 2.56 bits per heavy atom. The van der Waals surface area contributed by atoms with Crippen LogP contribution < -0.4 is 10.2 Å². The molecule has 4 rings (SSSR count). The van der Waals surface area contributed by atoms with Gasteiger partial charge in [0.25, 0.3) is 11.8 Å². The normalized spacial score (nSPS) is 13.4. The van der Waals surface area contributed by atoms with Crippen LogP contribution in [0.4, 0.5) is 11.4 Å². The lowest BCUT2D eigenvalue weighted by molar-refractivity contribution is -0.114. The molecule has 8 heteroatoms. The molecule has 3 heterocycles. The Balaban J connectivity index is 1.79. The summed E-state index contributed by atoms with van der Waals surface area (Å²) in [4.78, 5) is 42.0. The number of nitrogens with one attached hydrogen (secondary N) is 2. The number of aromatic nitrogens is 3. The molecule has 2 N–H and O–H groups in total. The van der Waals surface area contributed by atoms with Gasteiger partial charge in [0.05, 0.1) is 22.2 Å². The van der Waals surface area contributed by atoms with Crippen LogP contribution in [0.15, 0.2) is 30.5 Å². The summed E-state index contributed by atoms with van der Waals surface area (Å²) in [6.07, 6.45) is 1.38. The molecule has 0 aliphatic carbocycles. The highest BCUT2D eigenvalue weighted by atomic mass is 16.2. The van der Waals surface area contributed by atoms with Gasteiger partial charge in [0.15, 0.2) is 5.65 Å². The summed E-state index contributed by atoms with van der Waals surface area (Å²) in [5.74, 6) is -1.04. The van der Waals surface area contributed by atoms with Gasteiger partial charge in [-0.2, -0.15) is 5.10 Å². The molecule has 124 valence electrons. The van der Waals surface area contributed by atoms with Crippen molar-refractivity contribution in [3.8, 4) is 0 Å². The van der Waals surface area contributed by atoms with Crippen molar-refractivity contribution < 1.29 is 14.4 Å². The number of imide groups is 1. The van der Waals surface area contributed by atoms with Gasteiger partial charge in [-0.15, -0.1) is 0 Å². The Bertz CT molecular complexity index is 1050. The van der Waals surface area contributed by atoms with Gasteiger partial charge < -0.3 is 5.32 Å². The van der Waals surface area contributed by atoms with E-state index in [9.17, 15) is 14.4 Å². The van der Waals surface area contributed by atoms with E-state index >= 15 is 0 Å². The van der Waals surface area contributed by atoms with Crippen molar-refractivity contribution in [2.45, 2.75) is 13.8 Å². The topological polar surface area (TPSA) is 108 Å². The minimum Gasteiger partial charge on any atom is -0.326 e. The molecule has 2 aromatic heterocycles. The van der Waals surface area contributed by atoms with Crippen LogP contribution in [0, 0.1) is 6.92 Å². The van der Waals surface area contributed by atoms with Crippen LogP contribution in [-0.2, 0) is 4.79 Å². The average molecular weight is 335 g/mol. The highest BCUT2D eigenvalue weighted by Gasteiger charge is 2.39. The van der Waals surface area contributed by atoms with Crippen LogP contribution in [0.2, 0.25) is 0 Å². The van der Waals surface area contributed by atoms with E-state index < -0.39 is 11.8 Å². The molecule has 3 amide bonds. The highest BCUT2D eigenvalue weighted by Crippen LogP contribution is 2.33. The maximum atomic E-state index is 12.9. The number of carbonyl (C=O) groups is 3. The Morgan fingerprint density at radius 1 is 1.16 bits per heavy atom. The fourth-order valence-electron chi connectivity index (χ4n) is 2.97. The third-order valence-corrected chi connectivity index (χ3v) is 4.06. The van der Waals surface area contributed by atoms with E-state index in [1.165, 1.54) is 13.1 Å². The van der Waals surface area contributed by atoms with Crippen LogP contribution in [0.25, 0.3) is 11.0 Å². The zero-order valence-corrected chi connectivity index (χ0v) is 13.5. The van der Waals surface area contributed by atoms with Crippen LogP contribution in [0.1, 0.15) is 33.3 Å². The second-order valence-corrected chi connectivity index (χ2v) is 5.77. The number of benzene rings is 1. The zero-order chi connectivity index (χ0) is 17.7. The first kappa shape index (κ1) is 15.0. The van der Waals surface area contributed by atoms with Crippen molar-refractivity contribution in [2.24, 2.45) is 0 Å². The Hall–Kier alpha value is -3.55. The lowest BCUT2D eigenvalue weighted by Crippen LogP contribution is -2.29. The molecular formula is C17H13N5O3. The number of aryl methyl sites for hydroxylation is 1. The standard InChI is InChI=1S/C17H13N5O3/c1-8-13-14-12(7-18-15(13)21-20-8)16(24)22(17(14)25)11-5-3-10(4-6-11)19-9(2)23/h3-7H,1-2H3,(H,19,23)(H,18,20,21). The molecule has 0 unspecified atom stereocenters. The van der Waals surface area contributed by atoms with E-state index in [1.54, 1.807) is 31.2 Å². The molecule has 0 spiro atoms. The van der Waals surface area contributed by atoms with Crippen molar-refractivity contribution in [1.82, 2.24) is 15.2 Å². The fraction of sp³-hybridized carbons (Fsp3) is 0.118. The average Bonchev–Trinajstić information content (AvgIpc) is 3.07. The number of anilines is 2. The van der Waals surface area contributed by atoms with Gasteiger partial charge >= 0.3 is 0 Å². The smallest absolute Gasteiger partial charge is 0.267 e. The van der Waals surface area contributed by atoms with E-state index in [4.69, 9.17) is 0 Å². The van der Waals surface area contributed by atoms with Crippen molar-refractivity contribution in [1.29, 1.82) is 0 Å². The minimum atomic E-state index is -0.428. The molecule has 1 aromatic carbocycles. The largest absolute Gasteiger partial charge is 0.326 e. The molecule has 1 aliphatic heterocycles. The number of H-pyrrole nitrogens is 1. The summed E-state index contributed by atoms with van der Waals surface area (Å²) in [5, 5.41) is 10.0. The quantitative estimate of drug-likeness (QED) is 0.697. The second-order valence-electron chi connectivity index (χ2n) is 5.77. The van der Waals surface area contributed by atoms with Crippen molar-refractivity contribution in [2.75, 3.05) is 10.2 Å². The highest BCUT2D eigenvalue weighted by molar-refractivity contribution is 6.37. The van der Waals surface area contributed by atoms with E-state index in [1.807, 2.05) is 0 Å². The number of hydrogen-bond acceptors (Lipinski definition) is 5. The Kier molecular flexibility index (Phi) is 3.14. The lowest BCUT2D eigenvalue weighted by Gasteiger charge is -2.14. The van der Waals surface area contributed by atoms with Crippen LogP contribution in [0.3, 0.4) is 0 Å². The van der Waals surface area contributed by atoms with Gasteiger partial charge in [0, 0.05) is 24.5 Å². The number of carbonyl (C=O) groups excluding carboxylic acids is 3. The van der Waals surface area contributed by atoms with Gasteiger partial charge in [-0.1, -0.05) is 0 Å². The number of hydrogen-bond donors (Lipinski definition) is 2. The molecule has 0 atom stereocenters. The van der Waals surface area contributed by atoms with Crippen molar-refractivity contribution >= 4 is 40.1 Å². The number of amides is 3. The SMILES string of the molecule is CC(=O)Nc1ccc(N2C(=O)c3cnc4n[nH]c(C)c4c3C2=O)cc1. The predicted molar refractivity (Wildman–Crippen MR) is 90.5 cm³/mol. The molecule has 25 heavy (non-hydrogen) atoms. The summed E-state index contributed by atoms with van der Waals surface area (Å²) in [5.41, 5.74) is 2.67. The summed E-state index contributed by atoms with van der Waals surface area (Å²) in [6, 6.07) is 6.49. The summed E-state index contributed by atoms with van der Waals surface area (Å²) in [6.45, 7) is 3.18. The minimum absolute atomic E-state index is 0.197. The Labute approximate surface area is 141 Å². The first-order valence-electron chi connectivity index (χ1n) is 7.57. The number of nitrogens with zero attached hydrogens (tertiary/aromatic N) is 3. The summed E-state index contributed by atoms with van der Waals surface area (Å²) in [7, 11) is 0. The molecule has 0 saturated heterocycles. The summed E-state index contributed by atoms with van der Waals surface area (Å²) >= 11 is 0. The van der Waals surface area contributed by atoms with Crippen LogP contribution >= 0.6 is 0 Å². The lowest BCUT2D eigenvalue weighted by atomic mass is 10.1. The van der Waals surface area contributed by atoms with Gasteiger partial charge in [0.2, 0.25) is 5.91 Å². The maximum Gasteiger partial charge on any atom is 0.267 e. The first-order chi connectivity index (χ1) is 12.0. The number of fused-ring (bicyclic) bond motifs is 3. The summed E-state index contributed by atoms with van der Waals surface area (Å²) < 4.78 is 0. The molecule has 0 bridgehead atoms. The molecule has 0 saturated carbocycles. The van der Waals surface area contributed by atoms with Gasteiger partial charge in [-0.25, -0.2) is 9.88 Å². The first-order valence-corrected chi connectivity index (χ1v) is 7.57. The third kappa shape index (κ3) is 2.18. The number of aromatic amines is 1. The zero-order valence-electron chi connectivity index (χ0n) is 13.5. The molecular weight excluding hydrogens is 322 g/mol. The van der Waals surface area contributed by atoms with Gasteiger partial charge in [0.1, 0.15) is 0 Å². The third-order valence-electron chi connectivity index (χ3n) is 4.06. The maximum absolute atomic E-state index is 12.9. The molecule has 3 aromatic rings. The predicted octanol–water partition coefficient (Wildman–Crippen LogP) is 2.03.